The van der Waals surface area contributed by atoms with Gasteiger partial charge >= 0.3 is 5.97 Å². The molecule has 0 saturated carbocycles. The molecule has 0 fully saturated rings. The Balaban J connectivity index is 2.65. The first kappa shape index (κ1) is 17.2. The Hall–Kier alpha value is -3.16. The highest BCUT2D eigenvalue weighted by Gasteiger charge is 2.19. The van der Waals surface area contributed by atoms with Crippen molar-refractivity contribution in [3.05, 3.63) is 50.3 Å². The summed E-state index contributed by atoms with van der Waals surface area (Å²) in [5.74, 6) is -0.879. The number of esters is 1. The average molecular weight is 332 g/mol. The van der Waals surface area contributed by atoms with E-state index in [1.807, 2.05) is 13.8 Å². The molecule has 8 heteroatoms. The number of carbonyl (C=O) groups excluding carboxylic acids is 1. The van der Waals surface area contributed by atoms with Crippen molar-refractivity contribution in [3.63, 3.8) is 0 Å². The number of fused-ring (bicyclic) bond motifs is 1. The molecule has 0 aliphatic rings. The van der Waals surface area contributed by atoms with Crippen LogP contribution in [0.15, 0.2) is 34.6 Å². The Morgan fingerprint density at radius 1 is 1.29 bits per heavy atom. The van der Waals surface area contributed by atoms with Crippen LogP contribution in [0.1, 0.15) is 20.8 Å². The van der Waals surface area contributed by atoms with E-state index in [1.54, 1.807) is 6.08 Å². The van der Waals surface area contributed by atoms with Gasteiger partial charge in [-0.05, 0) is 26.0 Å². The first-order chi connectivity index (χ1) is 11.3. The zero-order valence-corrected chi connectivity index (χ0v) is 13.4. The minimum atomic E-state index is -0.703. The van der Waals surface area contributed by atoms with Gasteiger partial charge in [-0.15, -0.1) is 0 Å². The Morgan fingerprint density at radius 2 is 2.00 bits per heavy atom. The van der Waals surface area contributed by atoms with Gasteiger partial charge in [0.2, 0.25) is 5.75 Å². The molecular formula is C16H16N2O6. The first-order valence-corrected chi connectivity index (χ1v) is 7.08. The predicted octanol–water partition coefficient (Wildman–Crippen LogP) is 2.71. The lowest BCUT2D eigenvalue weighted by molar-refractivity contribution is -0.384. The minimum absolute atomic E-state index is 0.0661. The van der Waals surface area contributed by atoms with E-state index in [9.17, 15) is 19.7 Å². The molecule has 0 aliphatic heterocycles. The summed E-state index contributed by atoms with van der Waals surface area (Å²) in [7, 11) is 0. The third-order valence-corrected chi connectivity index (χ3v) is 3.08. The van der Waals surface area contributed by atoms with Gasteiger partial charge in [0.1, 0.15) is 6.61 Å². The summed E-state index contributed by atoms with van der Waals surface area (Å²) in [6.07, 6.45) is 1.79. The summed E-state index contributed by atoms with van der Waals surface area (Å²) in [4.78, 5) is 36.2. The number of carbonyl (C=O) groups is 1. The Morgan fingerprint density at radius 3 is 2.58 bits per heavy atom. The summed E-state index contributed by atoms with van der Waals surface area (Å²) in [6, 6.07) is 3.95. The number of pyridine rings is 1. The zero-order chi connectivity index (χ0) is 17.9. The Kier molecular flexibility index (Phi) is 4.98. The molecule has 24 heavy (non-hydrogen) atoms. The Labute approximate surface area is 136 Å². The molecular weight excluding hydrogens is 316 g/mol. The average Bonchev–Trinajstić information content (AvgIpc) is 2.48. The number of nitro benzene ring substituents is 1. The number of nitrogens with zero attached hydrogens (tertiary/aromatic N) is 1. The molecule has 0 aliphatic carbocycles. The smallest absolute Gasteiger partial charge is 0.308 e. The second-order valence-corrected chi connectivity index (χ2v) is 5.29. The van der Waals surface area contributed by atoms with Gasteiger partial charge in [0, 0.05) is 24.4 Å². The topological polar surface area (TPSA) is 112 Å². The van der Waals surface area contributed by atoms with E-state index in [-0.39, 0.29) is 29.3 Å². The summed E-state index contributed by atoms with van der Waals surface area (Å²) < 4.78 is 10.6. The highest BCUT2D eigenvalue weighted by Crippen LogP contribution is 2.33. The van der Waals surface area contributed by atoms with Crippen LogP contribution >= 0.6 is 0 Å². The molecule has 0 atom stereocenters. The van der Waals surface area contributed by atoms with Crippen molar-refractivity contribution in [2.75, 3.05) is 6.61 Å². The number of nitrogens with one attached hydrogen (secondary N) is 1. The number of hydrogen-bond acceptors (Lipinski definition) is 6. The number of ether oxygens (including phenoxy) is 2. The number of benzene rings is 1. The maximum Gasteiger partial charge on any atom is 0.308 e. The zero-order valence-electron chi connectivity index (χ0n) is 13.4. The van der Waals surface area contributed by atoms with Crippen LogP contribution in [0.5, 0.6) is 11.5 Å². The van der Waals surface area contributed by atoms with Crippen molar-refractivity contribution < 1.29 is 19.2 Å². The molecule has 1 heterocycles. The number of non-ortho nitro benzene ring substituents is 1. The van der Waals surface area contributed by atoms with Gasteiger partial charge in [-0.1, -0.05) is 5.57 Å². The van der Waals surface area contributed by atoms with Gasteiger partial charge in [-0.3, -0.25) is 19.7 Å². The monoisotopic (exact) mass is 332 g/mol. The first-order valence-electron chi connectivity index (χ1n) is 7.08. The third kappa shape index (κ3) is 3.78. The van der Waals surface area contributed by atoms with Crippen LogP contribution in [0, 0.1) is 10.1 Å². The van der Waals surface area contributed by atoms with Crippen LogP contribution in [0.3, 0.4) is 0 Å². The molecule has 0 saturated heterocycles. The standard InChI is InChI=1S/C16H16N2O6/c1-9(2)6-7-23-14-12-5-4-11(18(21)22)8-13(12)17-16(20)15(14)24-10(3)19/h4-6,8H,7H2,1-3H3,(H,17,20). The summed E-state index contributed by atoms with van der Waals surface area (Å²) in [5, 5.41) is 11.3. The van der Waals surface area contributed by atoms with E-state index in [1.165, 1.54) is 25.1 Å². The molecule has 126 valence electrons. The normalized spacial score (nSPS) is 10.3. The number of H-pyrrole nitrogens is 1. The summed E-state index contributed by atoms with van der Waals surface area (Å²) in [5.41, 5.74) is 0.352. The lowest BCUT2D eigenvalue weighted by atomic mass is 10.1. The number of aromatic nitrogens is 1. The largest absolute Gasteiger partial charge is 0.485 e. The van der Waals surface area contributed by atoms with Crippen LogP contribution in [-0.4, -0.2) is 22.5 Å². The van der Waals surface area contributed by atoms with Crippen LogP contribution in [0.25, 0.3) is 10.9 Å². The fourth-order valence-corrected chi connectivity index (χ4v) is 2.02. The molecule has 0 amide bonds. The van der Waals surface area contributed by atoms with Gasteiger partial charge in [-0.25, -0.2) is 0 Å². The van der Waals surface area contributed by atoms with Gasteiger partial charge in [0.15, 0.2) is 5.75 Å². The molecule has 0 bridgehead atoms. The number of rotatable bonds is 5. The van der Waals surface area contributed by atoms with Gasteiger partial charge < -0.3 is 14.5 Å². The second-order valence-electron chi connectivity index (χ2n) is 5.29. The van der Waals surface area contributed by atoms with E-state index in [4.69, 9.17) is 9.47 Å². The quantitative estimate of drug-likeness (QED) is 0.390. The summed E-state index contributed by atoms with van der Waals surface area (Å²) in [6.45, 7) is 5.09. The molecule has 8 nitrogen and oxygen atoms in total. The summed E-state index contributed by atoms with van der Waals surface area (Å²) >= 11 is 0. The van der Waals surface area contributed by atoms with E-state index < -0.39 is 16.5 Å². The fraction of sp³-hybridized carbons (Fsp3) is 0.250. The van der Waals surface area contributed by atoms with Crippen molar-refractivity contribution in [3.8, 4) is 11.5 Å². The van der Waals surface area contributed by atoms with Crippen LogP contribution < -0.4 is 15.0 Å². The minimum Gasteiger partial charge on any atom is -0.485 e. The SMILES string of the molecule is CC(=O)Oc1c(OCC=C(C)C)c2ccc([N+](=O)[O-])cc2[nH]c1=O. The number of aromatic amines is 1. The fourth-order valence-electron chi connectivity index (χ4n) is 2.02. The van der Waals surface area contributed by atoms with Crippen LogP contribution in [-0.2, 0) is 4.79 Å². The molecule has 0 unspecified atom stereocenters. The van der Waals surface area contributed by atoms with Crippen molar-refractivity contribution in [2.45, 2.75) is 20.8 Å². The highest BCUT2D eigenvalue weighted by molar-refractivity contribution is 5.89. The lowest BCUT2D eigenvalue weighted by Gasteiger charge is -2.12. The van der Waals surface area contributed by atoms with Crippen molar-refractivity contribution in [1.29, 1.82) is 0 Å². The lowest BCUT2D eigenvalue weighted by Crippen LogP contribution is -2.16. The maximum atomic E-state index is 12.2. The van der Waals surface area contributed by atoms with E-state index in [2.05, 4.69) is 4.98 Å². The van der Waals surface area contributed by atoms with E-state index in [0.717, 1.165) is 5.57 Å². The second kappa shape index (κ2) is 6.95. The highest BCUT2D eigenvalue weighted by atomic mass is 16.6. The number of hydrogen-bond donors (Lipinski definition) is 1. The maximum absolute atomic E-state index is 12.2. The number of allylic oxidation sites excluding steroid dienone is 1. The molecule has 1 N–H and O–H groups in total. The molecule has 2 rings (SSSR count). The molecule has 2 aromatic rings. The molecule has 1 aromatic carbocycles. The number of nitro groups is 1. The van der Waals surface area contributed by atoms with Crippen LogP contribution in [0.2, 0.25) is 0 Å². The van der Waals surface area contributed by atoms with Crippen molar-refractivity contribution in [1.82, 2.24) is 4.98 Å². The predicted molar refractivity (Wildman–Crippen MR) is 87.5 cm³/mol. The van der Waals surface area contributed by atoms with E-state index >= 15 is 0 Å². The Bertz CT molecular complexity index is 893. The van der Waals surface area contributed by atoms with Gasteiger partial charge in [0.05, 0.1) is 10.4 Å². The molecule has 0 spiro atoms. The molecule has 0 radical (unpaired) electrons. The molecule has 1 aromatic heterocycles. The van der Waals surface area contributed by atoms with Crippen molar-refractivity contribution in [2.24, 2.45) is 0 Å². The van der Waals surface area contributed by atoms with E-state index in [0.29, 0.717) is 5.39 Å². The van der Waals surface area contributed by atoms with Crippen molar-refractivity contribution >= 4 is 22.6 Å². The van der Waals surface area contributed by atoms with Gasteiger partial charge in [-0.2, -0.15) is 0 Å². The third-order valence-electron chi connectivity index (χ3n) is 3.08. The van der Waals surface area contributed by atoms with Crippen LogP contribution in [0.4, 0.5) is 5.69 Å². The van der Waals surface area contributed by atoms with Gasteiger partial charge in [0.25, 0.3) is 11.2 Å².